The Kier molecular flexibility index (Phi) is 4.32. The number of hydrogen-bond acceptors (Lipinski definition) is 3. The minimum Gasteiger partial charge on any atom is -0.493 e. The van der Waals surface area contributed by atoms with Crippen molar-refractivity contribution in [2.45, 2.75) is 32.2 Å². The Labute approximate surface area is 130 Å². The van der Waals surface area contributed by atoms with Crippen LogP contribution in [0.2, 0.25) is 0 Å². The second-order valence-corrected chi connectivity index (χ2v) is 5.92. The molecule has 0 spiro atoms. The molecule has 2 amide bonds. The normalized spacial score (nSPS) is 24.4. The third-order valence-electron chi connectivity index (χ3n) is 4.47. The van der Waals surface area contributed by atoms with Gasteiger partial charge in [-0.1, -0.05) is 18.2 Å². The van der Waals surface area contributed by atoms with E-state index in [1.54, 1.807) is 4.90 Å². The maximum atomic E-state index is 12.5. The third kappa shape index (κ3) is 2.93. The molecule has 118 valence electrons. The molecule has 0 aromatic heterocycles. The van der Waals surface area contributed by atoms with Crippen LogP contribution in [0.5, 0.6) is 5.75 Å². The molecule has 1 fully saturated rings. The van der Waals surface area contributed by atoms with Gasteiger partial charge in [-0.05, 0) is 25.8 Å². The van der Waals surface area contributed by atoms with Crippen LogP contribution in [0, 0.1) is 5.92 Å². The first-order valence-corrected chi connectivity index (χ1v) is 7.99. The fraction of sp³-hybridized carbons (Fsp3) is 0.529. The van der Waals surface area contributed by atoms with Crippen LogP contribution in [0.15, 0.2) is 24.3 Å². The van der Waals surface area contributed by atoms with Gasteiger partial charge in [0, 0.05) is 25.1 Å². The highest BCUT2D eigenvalue weighted by molar-refractivity contribution is 5.89. The average molecular weight is 302 g/mol. The minimum atomic E-state index is -0.233. The van der Waals surface area contributed by atoms with Crippen LogP contribution < -0.4 is 10.1 Å². The van der Waals surface area contributed by atoms with Gasteiger partial charge in [0.15, 0.2) is 0 Å². The minimum absolute atomic E-state index is 0.0222. The molecular formula is C17H22N2O3. The lowest BCUT2D eigenvalue weighted by atomic mass is 10.0. The molecule has 22 heavy (non-hydrogen) atoms. The maximum Gasteiger partial charge on any atom is 0.225 e. The summed E-state index contributed by atoms with van der Waals surface area (Å²) in [6.07, 6.45) is 2.09. The van der Waals surface area contributed by atoms with Crippen molar-refractivity contribution < 1.29 is 14.3 Å². The van der Waals surface area contributed by atoms with Crippen molar-refractivity contribution in [1.29, 1.82) is 0 Å². The Balaban J connectivity index is 1.70. The molecule has 1 N–H and O–H groups in total. The van der Waals surface area contributed by atoms with Gasteiger partial charge in [-0.3, -0.25) is 9.59 Å². The number of likely N-dealkylation sites (tertiary alicyclic amines) is 1. The molecule has 1 saturated heterocycles. The van der Waals surface area contributed by atoms with E-state index in [0.29, 0.717) is 26.1 Å². The Morgan fingerprint density at radius 2 is 2.23 bits per heavy atom. The fourth-order valence-corrected chi connectivity index (χ4v) is 3.22. The van der Waals surface area contributed by atoms with Crippen LogP contribution in [-0.2, 0) is 9.59 Å². The van der Waals surface area contributed by atoms with E-state index in [0.717, 1.165) is 24.2 Å². The number of para-hydroxylation sites is 1. The summed E-state index contributed by atoms with van der Waals surface area (Å²) < 4.78 is 5.72. The summed E-state index contributed by atoms with van der Waals surface area (Å²) in [5, 5.41) is 3.12. The van der Waals surface area contributed by atoms with Gasteiger partial charge >= 0.3 is 0 Å². The van der Waals surface area contributed by atoms with Crippen LogP contribution in [0.25, 0.3) is 0 Å². The molecule has 5 nitrogen and oxygen atoms in total. The largest absolute Gasteiger partial charge is 0.493 e. The summed E-state index contributed by atoms with van der Waals surface area (Å²) in [4.78, 5) is 26.0. The van der Waals surface area contributed by atoms with E-state index >= 15 is 0 Å². The molecule has 0 aliphatic carbocycles. The third-order valence-corrected chi connectivity index (χ3v) is 4.47. The summed E-state index contributed by atoms with van der Waals surface area (Å²) >= 11 is 0. The van der Waals surface area contributed by atoms with Crippen molar-refractivity contribution in [2.75, 3.05) is 19.7 Å². The number of benzene rings is 1. The van der Waals surface area contributed by atoms with Crippen LogP contribution in [0.3, 0.4) is 0 Å². The number of nitrogens with one attached hydrogen (secondary N) is 1. The fourth-order valence-electron chi connectivity index (χ4n) is 3.22. The molecule has 0 saturated carbocycles. The molecule has 5 heteroatoms. The van der Waals surface area contributed by atoms with Crippen LogP contribution in [-0.4, -0.2) is 36.4 Å². The van der Waals surface area contributed by atoms with E-state index in [9.17, 15) is 9.59 Å². The lowest BCUT2D eigenvalue weighted by molar-refractivity contribution is -0.129. The molecule has 1 aromatic carbocycles. The molecular weight excluding hydrogens is 280 g/mol. The SMILES string of the molecule is CCN1CC(C(=O)NC2CCCOc3ccccc32)CC1=O. The molecule has 0 radical (unpaired) electrons. The standard InChI is InChI=1S/C17H22N2O3/c1-2-19-11-12(10-16(19)20)17(21)18-14-7-5-9-22-15-8-4-3-6-13(14)15/h3-4,6,8,12,14H,2,5,7,9-11H2,1H3,(H,18,21). The van der Waals surface area contributed by atoms with E-state index in [4.69, 9.17) is 4.74 Å². The highest BCUT2D eigenvalue weighted by atomic mass is 16.5. The Morgan fingerprint density at radius 3 is 3.00 bits per heavy atom. The number of fused-ring (bicyclic) bond motifs is 1. The van der Waals surface area contributed by atoms with Gasteiger partial charge in [0.05, 0.1) is 18.6 Å². The summed E-state index contributed by atoms with van der Waals surface area (Å²) in [6, 6.07) is 7.82. The molecule has 2 aliphatic heterocycles. The van der Waals surface area contributed by atoms with E-state index in [1.807, 2.05) is 31.2 Å². The van der Waals surface area contributed by atoms with Gasteiger partial charge in [-0.15, -0.1) is 0 Å². The van der Waals surface area contributed by atoms with Crippen molar-refractivity contribution >= 4 is 11.8 Å². The highest BCUT2D eigenvalue weighted by Gasteiger charge is 2.34. The molecule has 2 aliphatic rings. The van der Waals surface area contributed by atoms with E-state index < -0.39 is 0 Å². The van der Waals surface area contributed by atoms with Gasteiger partial charge < -0.3 is 15.0 Å². The maximum absolute atomic E-state index is 12.5. The molecule has 3 rings (SSSR count). The van der Waals surface area contributed by atoms with Gasteiger partial charge in [0.2, 0.25) is 11.8 Å². The summed E-state index contributed by atoms with van der Waals surface area (Å²) in [5.74, 6) is 0.671. The molecule has 2 atom stereocenters. The first-order chi connectivity index (χ1) is 10.7. The number of hydrogen-bond donors (Lipinski definition) is 1. The van der Waals surface area contributed by atoms with Crippen LogP contribution in [0.1, 0.15) is 37.8 Å². The number of nitrogens with zero attached hydrogens (tertiary/aromatic N) is 1. The van der Waals surface area contributed by atoms with E-state index in [1.165, 1.54) is 0 Å². The lowest BCUT2D eigenvalue weighted by Gasteiger charge is -2.20. The van der Waals surface area contributed by atoms with Crippen LogP contribution in [0.4, 0.5) is 0 Å². The van der Waals surface area contributed by atoms with Gasteiger partial charge in [-0.25, -0.2) is 0 Å². The van der Waals surface area contributed by atoms with Crippen molar-refractivity contribution in [3.05, 3.63) is 29.8 Å². The predicted octanol–water partition coefficient (Wildman–Crippen LogP) is 1.88. The Morgan fingerprint density at radius 1 is 1.41 bits per heavy atom. The summed E-state index contributed by atoms with van der Waals surface area (Å²) in [5.41, 5.74) is 1.03. The van der Waals surface area contributed by atoms with Gasteiger partial charge in [0.1, 0.15) is 5.75 Å². The molecule has 2 heterocycles. The first-order valence-electron chi connectivity index (χ1n) is 7.99. The lowest BCUT2D eigenvalue weighted by Crippen LogP contribution is -2.35. The van der Waals surface area contributed by atoms with Gasteiger partial charge in [-0.2, -0.15) is 0 Å². The second-order valence-electron chi connectivity index (χ2n) is 5.92. The Hall–Kier alpha value is -2.04. The topological polar surface area (TPSA) is 58.6 Å². The number of rotatable bonds is 3. The molecule has 2 unspecified atom stereocenters. The van der Waals surface area contributed by atoms with Crippen molar-refractivity contribution in [1.82, 2.24) is 10.2 Å². The first kappa shape index (κ1) is 14.9. The average Bonchev–Trinajstić information content (AvgIpc) is 2.79. The van der Waals surface area contributed by atoms with Crippen molar-refractivity contribution in [3.8, 4) is 5.75 Å². The number of carbonyl (C=O) groups excluding carboxylic acids is 2. The predicted molar refractivity (Wildman–Crippen MR) is 82.4 cm³/mol. The van der Waals surface area contributed by atoms with Gasteiger partial charge in [0.25, 0.3) is 0 Å². The monoisotopic (exact) mass is 302 g/mol. The van der Waals surface area contributed by atoms with E-state index in [2.05, 4.69) is 5.32 Å². The quantitative estimate of drug-likeness (QED) is 0.927. The zero-order valence-corrected chi connectivity index (χ0v) is 12.9. The van der Waals surface area contributed by atoms with Crippen LogP contribution >= 0.6 is 0 Å². The molecule has 1 aromatic rings. The number of amides is 2. The highest BCUT2D eigenvalue weighted by Crippen LogP contribution is 2.31. The smallest absolute Gasteiger partial charge is 0.225 e. The molecule has 0 bridgehead atoms. The zero-order chi connectivity index (χ0) is 15.5. The summed E-state index contributed by atoms with van der Waals surface area (Å²) in [7, 11) is 0. The summed E-state index contributed by atoms with van der Waals surface area (Å²) in [6.45, 7) is 3.82. The number of carbonyl (C=O) groups is 2. The van der Waals surface area contributed by atoms with E-state index in [-0.39, 0.29) is 23.8 Å². The van der Waals surface area contributed by atoms with Crippen molar-refractivity contribution in [3.63, 3.8) is 0 Å². The Bertz CT molecular complexity index is 573. The zero-order valence-electron chi connectivity index (χ0n) is 12.9. The second kappa shape index (κ2) is 6.38. The number of ether oxygens (including phenoxy) is 1. The van der Waals surface area contributed by atoms with Crippen molar-refractivity contribution in [2.24, 2.45) is 5.92 Å².